The van der Waals surface area contributed by atoms with Crippen LogP contribution in [-0.2, 0) is 6.42 Å². The molecule has 1 saturated carbocycles. The third-order valence-electron chi connectivity index (χ3n) is 3.87. The van der Waals surface area contributed by atoms with Crippen molar-refractivity contribution >= 4 is 0 Å². The van der Waals surface area contributed by atoms with Gasteiger partial charge in [0.2, 0.25) is 0 Å². The summed E-state index contributed by atoms with van der Waals surface area (Å²) >= 11 is 0. The highest BCUT2D eigenvalue weighted by Gasteiger charge is 2.22. The quantitative estimate of drug-likeness (QED) is 0.887. The van der Waals surface area contributed by atoms with Crippen molar-refractivity contribution in [2.45, 2.75) is 45.1 Å². The molecule has 0 radical (unpaired) electrons. The summed E-state index contributed by atoms with van der Waals surface area (Å²) in [6, 6.07) is 6.04. The third-order valence-corrected chi connectivity index (χ3v) is 3.87. The zero-order chi connectivity index (χ0) is 13.7. The van der Waals surface area contributed by atoms with Gasteiger partial charge >= 0.3 is 0 Å². The average molecular weight is 263 g/mol. The van der Waals surface area contributed by atoms with Crippen LogP contribution in [0.2, 0.25) is 0 Å². The Bertz CT molecular complexity index is 406. The summed E-state index contributed by atoms with van der Waals surface area (Å²) in [5.74, 6) is 2.48. The van der Waals surface area contributed by atoms with E-state index in [1.807, 2.05) is 12.1 Å². The fourth-order valence-electron chi connectivity index (χ4n) is 2.86. The molecule has 0 spiro atoms. The molecular weight excluding hydrogens is 238 g/mol. The van der Waals surface area contributed by atoms with Crippen LogP contribution in [0, 0.1) is 5.92 Å². The average Bonchev–Trinajstić information content (AvgIpc) is 2.41. The normalized spacial score (nSPS) is 23.1. The van der Waals surface area contributed by atoms with Gasteiger partial charge in [-0.15, -0.1) is 0 Å². The fraction of sp³-hybridized carbons (Fsp3) is 0.625. The van der Waals surface area contributed by atoms with Gasteiger partial charge in [0.1, 0.15) is 0 Å². The van der Waals surface area contributed by atoms with Crippen molar-refractivity contribution in [3.63, 3.8) is 0 Å². The van der Waals surface area contributed by atoms with E-state index in [-0.39, 0.29) is 0 Å². The molecule has 2 atom stereocenters. The van der Waals surface area contributed by atoms with E-state index in [4.69, 9.17) is 15.2 Å². The van der Waals surface area contributed by atoms with Gasteiger partial charge in [0, 0.05) is 0 Å². The van der Waals surface area contributed by atoms with E-state index in [2.05, 4.69) is 13.0 Å². The van der Waals surface area contributed by atoms with Crippen LogP contribution >= 0.6 is 0 Å². The van der Waals surface area contributed by atoms with E-state index in [0.29, 0.717) is 12.6 Å². The molecule has 1 aromatic carbocycles. The van der Waals surface area contributed by atoms with Gasteiger partial charge < -0.3 is 15.2 Å². The highest BCUT2D eigenvalue weighted by atomic mass is 16.5. The van der Waals surface area contributed by atoms with E-state index >= 15 is 0 Å². The van der Waals surface area contributed by atoms with E-state index in [9.17, 15) is 0 Å². The van der Waals surface area contributed by atoms with Gasteiger partial charge in [0.25, 0.3) is 0 Å². The molecule has 19 heavy (non-hydrogen) atoms. The summed E-state index contributed by atoms with van der Waals surface area (Å²) in [6.45, 7) is 2.93. The number of benzene rings is 1. The number of para-hydroxylation sites is 1. The van der Waals surface area contributed by atoms with Crippen LogP contribution in [0.1, 0.15) is 38.2 Å². The molecule has 0 aliphatic heterocycles. The van der Waals surface area contributed by atoms with Crippen LogP contribution in [0.15, 0.2) is 18.2 Å². The predicted octanol–water partition coefficient (Wildman–Crippen LogP) is 3.15. The molecule has 1 aliphatic rings. The zero-order valence-electron chi connectivity index (χ0n) is 12.0. The van der Waals surface area contributed by atoms with Crippen molar-refractivity contribution in [3.8, 4) is 11.5 Å². The van der Waals surface area contributed by atoms with Crippen LogP contribution in [0.4, 0.5) is 0 Å². The lowest BCUT2D eigenvalue weighted by molar-refractivity contribution is 0.124. The van der Waals surface area contributed by atoms with E-state index in [0.717, 1.165) is 42.2 Å². The zero-order valence-corrected chi connectivity index (χ0v) is 12.0. The molecule has 2 N–H and O–H groups in total. The molecule has 1 fully saturated rings. The fourth-order valence-corrected chi connectivity index (χ4v) is 2.86. The highest BCUT2D eigenvalue weighted by Crippen LogP contribution is 2.35. The molecule has 0 heterocycles. The number of hydrogen-bond donors (Lipinski definition) is 1. The van der Waals surface area contributed by atoms with Crippen molar-refractivity contribution in [2.24, 2.45) is 11.7 Å². The summed E-state index contributed by atoms with van der Waals surface area (Å²) in [5, 5.41) is 0. The molecule has 0 bridgehead atoms. The molecule has 1 aromatic rings. The second kappa shape index (κ2) is 6.80. The lowest BCUT2D eigenvalue weighted by atomic mass is 9.88. The Morgan fingerprint density at radius 1 is 1.32 bits per heavy atom. The minimum absolute atomic E-state index is 0.316. The first-order valence-corrected chi connectivity index (χ1v) is 7.27. The summed E-state index contributed by atoms with van der Waals surface area (Å²) in [6.07, 6.45) is 6.00. The molecule has 2 rings (SSSR count). The Morgan fingerprint density at radius 2 is 2.16 bits per heavy atom. The van der Waals surface area contributed by atoms with Crippen molar-refractivity contribution in [3.05, 3.63) is 23.8 Å². The maximum atomic E-state index is 6.25. The number of ether oxygens (including phenoxy) is 2. The van der Waals surface area contributed by atoms with Gasteiger partial charge in [-0.3, -0.25) is 0 Å². The number of nitrogens with two attached hydrogens (primary N) is 1. The third kappa shape index (κ3) is 3.63. The van der Waals surface area contributed by atoms with Gasteiger partial charge in [0.15, 0.2) is 11.5 Å². The molecule has 3 heteroatoms. The molecule has 0 saturated heterocycles. The van der Waals surface area contributed by atoms with Crippen LogP contribution < -0.4 is 15.2 Å². The Morgan fingerprint density at radius 3 is 2.84 bits per heavy atom. The Hall–Kier alpha value is -1.22. The van der Waals surface area contributed by atoms with Crippen molar-refractivity contribution in [1.29, 1.82) is 0 Å². The molecule has 0 aromatic heterocycles. The minimum atomic E-state index is 0.316. The molecule has 106 valence electrons. The van der Waals surface area contributed by atoms with Crippen LogP contribution in [0.25, 0.3) is 0 Å². The second-order valence-corrected chi connectivity index (χ2v) is 5.50. The first-order valence-electron chi connectivity index (χ1n) is 7.27. The summed E-state index contributed by atoms with van der Waals surface area (Å²) in [7, 11) is 1.69. The molecule has 0 amide bonds. The van der Waals surface area contributed by atoms with Gasteiger partial charge in [-0.05, 0) is 49.8 Å². The summed E-state index contributed by atoms with van der Waals surface area (Å²) in [4.78, 5) is 0. The van der Waals surface area contributed by atoms with E-state index < -0.39 is 0 Å². The number of hydrogen-bond acceptors (Lipinski definition) is 3. The largest absolute Gasteiger partial charge is 0.493 e. The second-order valence-electron chi connectivity index (χ2n) is 5.50. The van der Waals surface area contributed by atoms with Gasteiger partial charge in [-0.2, -0.15) is 0 Å². The van der Waals surface area contributed by atoms with E-state index in [1.54, 1.807) is 7.11 Å². The van der Waals surface area contributed by atoms with Gasteiger partial charge in [-0.1, -0.05) is 25.5 Å². The van der Waals surface area contributed by atoms with Crippen LogP contribution in [0.3, 0.4) is 0 Å². The van der Waals surface area contributed by atoms with Crippen molar-refractivity contribution in [1.82, 2.24) is 0 Å². The van der Waals surface area contributed by atoms with Crippen molar-refractivity contribution in [2.75, 3.05) is 13.7 Å². The minimum Gasteiger partial charge on any atom is -0.493 e. The highest BCUT2D eigenvalue weighted by molar-refractivity contribution is 5.47. The maximum Gasteiger partial charge on any atom is 0.164 e. The molecule has 2 unspecified atom stereocenters. The van der Waals surface area contributed by atoms with Gasteiger partial charge in [-0.25, -0.2) is 0 Å². The Labute approximate surface area is 116 Å². The molecular formula is C16H25NO2. The van der Waals surface area contributed by atoms with E-state index in [1.165, 1.54) is 12.8 Å². The van der Waals surface area contributed by atoms with Crippen LogP contribution in [0.5, 0.6) is 11.5 Å². The van der Waals surface area contributed by atoms with Crippen LogP contribution in [-0.4, -0.2) is 19.8 Å². The lowest BCUT2D eigenvalue weighted by Gasteiger charge is -2.28. The summed E-state index contributed by atoms with van der Waals surface area (Å²) < 4.78 is 11.7. The smallest absolute Gasteiger partial charge is 0.164 e. The lowest BCUT2D eigenvalue weighted by Crippen LogP contribution is -2.25. The summed E-state index contributed by atoms with van der Waals surface area (Å²) in [5.41, 5.74) is 6.83. The standard InChI is InChI=1S/C16H25NO2/c1-12-5-3-7-14(11-12)19-16-13(9-10-17)6-4-8-15(16)18-2/h4,6,8,12,14H,3,5,7,9-11,17H2,1-2H3. The van der Waals surface area contributed by atoms with Crippen molar-refractivity contribution < 1.29 is 9.47 Å². The molecule has 3 nitrogen and oxygen atoms in total. The Balaban J connectivity index is 2.16. The number of rotatable bonds is 5. The van der Waals surface area contributed by atoms with Gasteiger partial charge in [0.05, 0.1) is 13.2 Å². The maximum absolute atomic E-state index is 6.25. The molecule has 1 aliphatic carbocycles. The predicted molar refractivity (Wildman–Crippen MR) is 77.8 cm³/mol. The first kappa shape index (κ1) is 14.2. The topological polar surface area (TPSA) is 44.5 Å². The first-order chi connectivity index (χ1) is 9.24. The monoisotopic (exact) mass is 263 g/mol. The Kier molecular flexibility index (Phi) is 5.08. The SMILES string of the molecule is COc1cccc(CCN)c1OC1CCCC(C)C1. The number of methoxy groups -OCH3 is 1.